The van der Waals surface area contributed by atoms with Gasteiger partial charge in [-0.2, -0.15) is 0 Å². The number of hydrogen-bond acceptors (Lipinski definition) is 3. The number of fused-ring (bicyclic) bond motifs is 15. The molecule has 2 aliphatic carbocycles. The number of hydrogen-bond donors (Lipinski definition) is 0. The van der Waals surface area contributed by atoms with Gasteiger partial charge in [0.15, 0.2) is 0 Å². The van der Waals surface area contributed by atoms with Gasteiger partial charge in [0, 0.05) is 43.7 Å². The van der Waals surface area contributed by atoms with Gasteiger partial charge in [-0.25, -0.2) is 0 Å². The maximum absolute atomic E-state index is 2.61. The second kappa shape index (κ2) is 14.2. The van der Waals surface area contributed by atoms with Crippen LogP contribution in [0, 0.1) is 0 Å². The van der Waals surface area contributed by atoms with Gasteiger partial charge in [-0.15, -0.1) is 11.3 Å². The van der Waals surface area contributed by atoms with E-state index in [1.807, 2.05) is 11.3 Å². The van der Waals surface area contributed by atoms with E-state index in [0.717, 1.165) is 5.69 Å². The Hall–Kier alpha value is -7.66. The molecule has 310 valence electrons. The van der Waals surface area contributed by atoms with Crippen molar-refractivity contribution >= 4 is 67.9 Å². The molecule has 0 N–H and O–H groups in total. The monoisotopic (exact) mass is 858 g/mol. The summed E-state index contributed by atoms with van der Waals surface area (Å²) in [5.74, 6) is 0.401. The first kappa shape index (κ1) is 37.7. The summed E-state index contributed by atoms with van der Waals surface area (Å²) in [6, 6.07) is 82.1. The van der Waals surface area contributed by atoms with Crippen LogP contribution in [-0.4, -0.2) is 6.71 Å². The van der Waals surface area contributed by atoms with E-state index >= 15 is 0 Å². The van der Waals surface area contributed by atoms with E-state index < -0.39 is 5.41 Å². The maximum atomic E-state index is 2.61. The minimum absolute atomic E-state index is 0.00234. The van der Waals surface area contributed by atoms with Crippen molar-refractivity contribution in [3.8, 4) is 44.5 Å². The number of thiophene rings is 1. The minimum Gasteiger partial charge on any atom is -0.311 e. The Bertz CT molecular complexity index is 3550. The minimum atomic E-state index is -0.439. The zero-order valence-corrected chi connectivity index (χ0v) is 37.6. The number of para-hydroxylation sites is 2. The van der Waals surface area contributed by atoms with Crippen LogP contribution in [0.1, 0.15) is 46.9 Å². The second-order valence-electron chi connectivity index (χ2n) is 18.5. The van der Waals surface area contributed by atoms with Gasteiger partial charge in [0.2, 0.25) is 0 Å². The first-order valence-electron chi connectivity index (χ1n) is 23.2. The van der Waals surface area contributed by atoms with Crippen molar-refractivity contribution in [3.05, 3.63) is 246 Å². The third kappa shape index (κ3) is 5.02. The quantitative estimate of drug-likeness (QED) is 0.159. The molecule has 0 saturated carbocycles. The molecule has 1 spiro atoms. The highest BCUT2D eigenvalue weighted by atomic mass is 32.1. The summed E-state index contributed by atoms with van der Waals surface area (Å²) in [7, 11) is 0. The normalized spacial score (nSPS) is 14.1. The number of benzene rings is 9. The molecule has 0 atom stereocenters. The number of nitrogens with zero attached hydrogens (tertiary/aromatic N) is 2. The van der Waals surface area contributed by atoms with Crippen molar-refractivity contribution < 1.29 is 0 Å². The third-order valence-electron chi connectivity index (χ3n) is 14.8. The topological polar surface area (TPSA) is 6.48 Å². The zero-order valence-electron chi connectivity index (χ0n) is 36.7. The van der Waals surface area contributed by atoms with Gasteiger partial charge in [-0.3, -0.25) is 0 Å². The Labute approximate surface area is 390 Å². The van der Waals surface area contributed by atoms with Gasteiger partial charge in [-0.05, 0) is 121 Å². The Morgan fingerprint density at radius 2 is 1.00 bits per heavy atom. The highest BCUT2D eigenvalue weighted by molar-refractivity contribution is 7.30. The van der Waals surface area contributed by atoms with Crippen molar-refractivity contribution in [1.82, 2.24) is 0 Å². The molecule has 0 bridgehead atoms. The predicted octanol–water partition coefficient (Wildman–Crippen LogP) is 14.6. The molecule has 3 heterocycles. The van der Waals surface area contributed by atoms with E-state index in [9.17, 15) is 0 Å². The van der Waals surface area contributed by atoms with Gasteiger partial charge < -0.3 is 9.80 Å². The van der Waals surface area contributed by atoms with E-state index in [0.29, 0.717) is 5.92 Å². The molecule has 2 nitrogen and oxygen atoms in total. The number of anilines is 6. The van der Waals surface area contributed by atoms with Crippen molar-refractivity contribution in [1.29, 1.82) is 0 Å². The van der Waals surface area contributed by atoms with E-state index in [-0.39, 0.29) is 6.71 Å². The van der Waals surface area contributed by atoms with E-state index in [1.54, 1.807) is 0 Å². The van der Waals surface area contributed by atoms with Crippen LogP contribution in [0.2, 0.25) is 0 Å². The largest absolute Gasteiger partial charge is 0.311 e. The molecule has 0 amide bonds. The molecule has 4 heteroatoms. The Balaban J connectivity index is 1.09. The Morgan fingerprint density at radius 3 is 1.65 bits per heavy atom. The van der Waals surface area contributed by atoms with Crippen LogP contribution in [0.3, 0.4) is 0 Å². The standard InChI is InChI=1S/C62H43BN2S/c1-39(2)41-33-35-45(40-19-6-3-7-20-40)49(37-41)42-34-36-53-56(38-42)64(43-21-8-4-9-22-43)54-31-18-32-55-58(54)63(53)61-59(65(55)44-23-10-5-11-24-44)57-48-27-14-17-30-52(48)62(60(57)66-61)50-28-15-12-25-46(50)47-26-13-16-29-51(47)62/h3-39H,1-2H3. The first-order chi connectivity index (χ1) is 32.6. The summed E-state index contributed by atoms with van der Waals surface area (Å²) in [6.45, 7) is 4.59. The van der Waals surface area contributed by atoms with Gasteiger partial charge in [0.05, 0.1) is 11.1 Å². The lowest BCUT2D eigenvalue weighted by molar-refractivity contribution is 0.811. The van der Waals surface area contributed by atoms with Crippen LogP contribution >= 0.6 is 11.3 Å². The molecule has 14 rings (SSSR count). The first-order valence-corrected chi connectivity index (χ1v) is 24.1. The Kier molecular flexibility index (Phi) is 8.09. The summed E-state index contributed by atoms with van der Waals surface area (Å²) in [6.07, 6.45) is 0. The zero-order chi connectivity index (χ0) is 43.7. The van der Waals surface area contributed by atoms with Gasteiger partial charge in [0.25, 0.3) is 6.71 Å². The summed E-state index contributed by atoms with van der Waals surface area (Å²) in [4.78, 5) is 6.57. The fourth-order valence-corrected chi connectivity index (χ4v) is 13.7. The van der Waals surface area contributed by atoms with Gasteiger partial charge in [-0.1, -0.05) is 190 Å². The summed E-state index contributed by atoms with van der Waals surface area (Å²) in [5, 5.41) is 0. The van der Waals surface area contributed by atoms with Gasteiger partial charge in [0.1, 0.15) is 0 Å². The molecule has 4 aliphatic rings. The number of rotatable bonds is 5. The molecule has 0 fully saturated rings. The molecule has 0 radical (unpaired) electrons. The molecule has 1 aromatic heterocycles. The lowest BCUT2D eigenvalue weighted by Gasteiger charge is -2.43. The van der Waals surface area contributed by atoms with Crippen molar-refractivity contribution in [2.75, 3.05) is 9.80 Å². The van der Waals surface area contributed by atoms with E-state index in [1.165, 1.54) is 116 Å². The summed E-state index contributed by atoms with van der Waals surface area (Å²) >= 11 is 2.05. The highest BCUT2D eigenvalue weighted by Gasteiger charge is 2.56. The predicted molar refractivity (Wildman–Crippen MR) is 280 cm³/mol. The second-order valence-corrected chi connectivity index (χ2v) is 19.5. The third-order valence-corrected chi connectivity index (χ3v) is 16.2. The maximum Gasteiger partial charge on any atom is 0.264 e. The average Bonchev–Trinajstić information content (AvgIpc) is 4.01. The average molecular weight is 859 g/mol. The van der Waals surface area contributed by atoms with Crippen LogP contribution in [0.5, 0.6) is 0 Å². The van der Waals surface area contributed by atoms with Gasteiger partial charge >= 0.3 is 0 Å². The molecule has 9 aromatic carbocycles. The molecule has 66 heavy (non-hydrogen) atoms. The molecule has 0 unspecified atom stereocenters. The summed E-state index contributed by atoms with van der Waals surface area (Å²) in [5.41, 5.74) is 25.3. The lowest BCUT2D eigenvalue weighted by atomic mass is 9.36. The molecular formula is C62H43BN2S. The van der Waals surface area contributed by atoms with Crippen LogP contribution in [0.15, 0.2) is 218 Å². The van der Waals surface area contributed by atoms with E-state index in [4.69, 9.17) is 0 Å². The van der Waals surface area contributed by atoms with Crippen LogP contribution in [0.4, 0.5) is 34.1 Å². The van der Waals surface area contributed by atoms with Crippen molar-refractivity contribution in [3.63, 3.8) is 0 Å². The van der Waals surface area contributed by atoms with Crippen molar-refractivity contribution in [2.45, 2.75) is 25.2 Å². The fraction of sp³-hybridized carbons (Fsp3) is 0.0645. The molecular weight excluding hydrogens is 816 g/mol. The smallest absolute Gasteiger partial charge is 0.264 e. The lowest BCUT2D eigenvalue weighted by Crippen LogP contribution is -2.60. The van der Waals surface area contributed by atoms with Crippen molar-refractivity contribution in [2.24, 2.45) is 0 Å². The van der Waals surface area contributed by atoms with Crippen LogP contribution < -0.4 is 25.5 Å². The molecule has 0 saturated heterocycles. The van der Waals surface area contributed by atoms with Crippen LogP contribution in [-0.2, 0) is 5.41 Å². The fourth-order valence-electron chi connectivity index (χ4n) is 12.1. The Morgan fingerprint density at radius 1 is 0.439 bits per heavy atom. The highest BCUT2D eigenvalue weighted by Crippen LogP contribution is 2.66. The van der Waals surface area contributed by atoms with E-state index in [2.05, 4.69) is 242 Å². The van der Waals surface area contributed by atoms with Crippen LogP contribution in [0.25, 0.3) is 44.5 Å². The molecule has 2 aliphatic heterocycles. The summed E-state index contributed by atoms with van der Waals surface area (Å²) < 4.78 is 1.40. The molecule has 10 aromatic rings. The SMILES string of the molecule is CC(C)c1ccc(-c2ccccc2)c(-c2ccc3c(c2)N(c2ccccc2)c2cccc4c2B3c2sc3c(c2N4c2ccccc2)-c2ccccc2C32c3ccccc3-c3ccccc32)c1.